The molecule has 0 amide bonds. The summed E-state index contributed by atoms with van der Waals surface area (Å²) in [6, 6.07) is 0. The summed E-state index contributed by atoms with van der Waals surface area (Å²) in [5.74, 6) is 0.0741. The van der Waals surface area contributed by atoms with Crippen LogP contribution in [0.1, 0.15) is 47.3 Å². The number of hydrogen-bond donors (Lipinski definition) is 3. The standard InChI is InChI=1S/C21H35N5O5Si/c1-12(2)14(28)9-22-20-24-18-17(19(29)25-20)23-11-26(18)16-8-13(27)15(31-16)10-30-32(6,7)21(3,4)5/h11-13,15-16,27H,8-10H2,1-7H3,(H2,22,24,25,29)/t13?,15-,16-/m1/s1. The summed E-state index contributed by atoms with van der Waals surface area (Å²) in [5.41, 5.74) is 0.0887. The summed E-state index contributed by atoms with van der Waals surface area (Å²) < 4.78 is 14.0. The van der Waals surface area contributed by atoms with Gasteiger partial charge in [0.15, 0.2) is 25.3 Å². The topological polar surface area (TPSA) is 131 Å². The number of fused-ring (bicyclic) bond motifs is 1. The monoisotopic (exact) mass is 465 g/mol. The van der Waals surface area contributed by atoms with Crippen LogP contribution < -0.4 is 10.9 Å². The van der Waals surface area contributed by atoms with Gasteiger partial charge in [0.1, 0.15) is 12.3 Å². The Bertz CT molecular complexity index is 1030. The molecule has 0 bridgehead atoms. The zero-order valence-corrected chi connectivity index (χ0v) is 20.9. The predicted molar refractivity (Wildman–Crippen MR) is 124 cm³/mol. The van der Waals surface area contributed by atoms with E-state index >= 15 is 0 Å². The SMILES string of the molecule is CC(C)C(=O)CNc1nc2c(ncn2[C@H]2CC(O)[C@@H](CO[Si](C)(C)C(C)(C)C)O2)c(=O)[nH]1. The molecular formula is C21H35N5O5Si. The van der Waals surface area contributed by atoms with E-state index in [0.717, 1.165) is 0 Å². The lowest BCUT2D eigenvalue weighted by molar-refractivity contribution is -0.120. The van der Waals surface area contributed by atoms with Gasteiger partial charge in [-0.15, -0.1) is 0 Å². The highest BCUT2D eigenvalue weighted by Crippen LogP contribution is 2.38. The highest BCUT2D eigenvalue weighted by Gasteiger charge is 2.41. The van der Waals surface area contributed by atoms with E-state index in [1.807, 2.05) is 13.8 Å². The van der Waals surface area contributed by atoms with E-state index in [9.17, 15) is 14.7 Å². The molecule has 10 nitrogen and oxygen atoms in total. The van der Waals surface area contributed by atoms with Crippen molar-refractivity contribution < 1.29 is 19.1 Å². The minimum atomic E-state index is -1.98. The van der Waals surface area contributed by atoms with Crippen LogP contribution >= 0.6 is 0 Å². The van der Waals surface area contributed by atoms with Crippen molar-refractivity contribution in [3.63, 3.8) is 0 Å². The molecule has 2 aromatic rings. The number of aromatic nitrogens is 4. The molecule has 1 unspecified atom stereocenters. The number of Topliss-reactive ketones (excluding diaryl/α,β-unsaturated/α-hetero) is 1. The van der Waals surface area contributed by atoms with Crippen LogP contribution in [0.4, 0.5) is 5.95 Å². The molecule has 32 heavy (non-hydrogen) atoms. The number of imidazole rings is 1. The minimum absolute atomic E-state index is 0.00748. The van der Waals surface area contributed by atoms with Gasteiger partial charge in [0.25, 0.3) is 5.56 Å². The van der Waals surface area contributed by atoms with Crippen LogP contribution in [0.25, 0.3) is 11.2 Å². The third kappa shape index (κ3) is 5.11. The van der Waals surface area contributed by atoms with Gasteiger partial charge < -0.3 is 19.6 Å². The summed E-state index contributed by atoms with van der Waals surface area (Å²) in [6.07, 6.45) is 0.118. The Balaban J connectivity index is 1.76. The van der Waals surface area contributed by atoms with Crippen LogP contribution in [-0.4, -0.2) is 64.1 Å². The van der Waals surface area contributed by atoms with Crippen molar-refractivity contribution in [2.75, 3.05) is 18.5 Å². The van der Waals surface area contributed by atoms with Crippen molar-refractivity contribution >= 4 is 31.2 Å². The molecule has 3 rings (SSSR count). The number of carbonyl (C=O) groups excluding carboxylic acids is 1. The van der Waals surface area contributed by atoms with Crippen molar-refractivity contribution in [3.05, 3.63) is 16.7 Å². The average Bonchev–Trinajstić information content (AvgIpc) is 3.27. The first-order valence-corrected chi connectivity index (χ1v) is 13.9. The van der Waals surface area contributed by atoms with Gasteiger partial charge in [-0.1, -0.05) is 34.6 Å². The normalized spacial score (nSPS) is 22.1. The molecule has 2 aromatic heterocycles. The Hall–Kier alpha value is -2.08. The molecule has 1 aliphatic rings. The van der Waals surface area contributed by atoms with Gasteiger partial charge in [0.2, 0.25) is 5.95 Å². The van der Waals surface area contributed by atoms with Crippen LogP contribution in [0.3, 0.4) is 0 Å². The Morgan fingerprint density at radius 2 is 2.12 bits per heavy atom. The molecule has 178 valence electrons. The molecule has 11 heteroatoms. The fourth-order valence-electron chi connectivity index (χ4n) is 3.14. The zero-order chi connectivity index (χ0) is 23.8. The zero-order valence-electron chi connectivity index (χ0n) is 19.9. The molecule has 3 N–H and O–H groups in total. The van der Waals surface area contributed by atoms with E-state index < -0.39 is 32.3 Å². The number of H-pyrrole nitrogens is 1. The number of hydrogen-bond acceptors (Lipinski definition) is 8. The Morgan fingerprint density at radius 1 is 1.44 bits per heavy atom. The molecule has 3 heterocycles. The summed E-state index contributed by atoms with van der Waals surface area (Å²) in [6.45, 7) is 14.8. The lowest BCUT2D eigenvalue weighted by atomic mass is 10.1. The van der Waals surface area contributed by atoms with Gasteiger partial charge in [-0.2, -0.15) is 4.98 Å². The summed E-state index contributed by atoms with van der Waals surface area (Å²) in [4.78, 5) is 35.6. The van der Waals surface area contributed by atoms with Crippen LogP contribution in [0.2, 0.25) is 18.1 Å². The largest absolute Gasteiger partial charge is 0.414 e. The first-order valence-electron chi connectivity index (χ1n) is 11.0. The van der Waals surface area contributed by atoms with Crippen molar-refractivity contribution in [2.45, 2.75) is 77.6 Å². The molecular weight excluding hydrogens is 430 g/mol. The van der Waals surface area contributed by atoms with Gasteiger partial charge in [0.05, 0.1) is 25.6 Å². The van der Waals surface area contributed by atoms with Crippen molar-refractivity contribution in [1.29, 1.82) is 0 Å². The molecule has 3 atom stereocenters. The lowest BCUT2D eigenvalue weighted by Crippen LogP contribution is -2.43. The number of ether oxygens (including phenoxy) is 1. The van der Waals surface area contributed by atoms with E-state index in [2.05, 4.69) is 54.1 Å². The number of carbonyl (C=O) groups is 1. The van der Waals surface area contributed by atoms with Gasteiger partial charge in [-0.25, -0.2) is 4.98 Å². The predicted octanol–water partition coefficient (Wildman–Crippen LogP) is 2.43. The number of aromatic amines is 1. The Kier molecular flexibility index (Phi) is 6.94. The van der Waals surface area contributed by atoms with E-state index in [1.54, 1.807) is 4.57 Å². The van der Waals surface area contributed by atoms with Crippen molar-refractivity contribution in [3.8, 4) is 0 Å². The van der Waals surface area contributed by atoms with E-state index in [-0.39, 0.29) is 34.7 Å². The summed E-state index contributed by atoms with van der Waals surface area (Å²) >= 11 is 0. The van der Waals surface area contributed by atoms with Gasteiger partial charge in [0, 0.05) is 12.3 Å². The van der Waals surface area contributed by atoms with Crippen LogP contribution in [0.15, 0.2) is 11.1 Å². The molecule has 0 radical (unpaired) electrons. The highest BCUT2D eigenvalue weighted by atomic mass is 28.4. The number of nitrogens with zero attached hydrogens (tertiary/aromatic N) is 3. The van der Waals surface area contributed by atoms with E-state index in [1.165, 1.54) is 6.33 Å². The number of aliphatic hydroxyl groups is 1. The quantitative estimate of drug-likeness (QED) is 0.507. The fourth-order valence-corrected chi connectivity index (χ4v) is 4.15. The maximum atomic E-state index is 12.4. The molecule has 0 spiro atoms. The second kappa shape index (κ2) is 9.04. The Morgan fingerprint density at radius 3 is 2.75 bits per heavy atom. The number of nitrogens with one attached hydrogen (secondary N) is 2. The molecule has 0 aliphatic carbocycles. The summed E-state index contributed by atoms with van der Waals surface area (Å²) in [7, 11) is -1.98. The van der Waals surface area contributed by atoms with Gasteiger partial charge >= 0.3 is 0 Å². The lowest BCUT2D eigenvalue weighted by Gasteiger charge is -2.37. The second-order valence-electron chi connectivity index (χ2n) is 10.2. The van der Waals surface area contributed by atoms with E-state index in [0.29, 0.717) is 18.7 Å². The maximum absolute atomic E-state index is 12.4. The maximum Gasteiger partial charge on any atom is 0.280 e. The van der Waals surface area contributed by atoms with E-state index in [4.69, 9.17) is 9.16 Å². The number of aliphatic hydroxyl groups excluding tert-OH is 1. The smallest absolute Gasteiger partial charge is 0.280 e. The highest BCUT2D eigenvalue weighted by molar-refractivity contribution is 6.74. The molecule has 1 aliphatic heterocycles. The van der Waals surface area contributed by atoms with Crippen molar-refractivity contribution in [2.24, 2.45) is 5.92 Å². The van der Waals surface area contributed by atoms with Crippen LogP contribution in [0, 0.1) is 5.92 Å². The average molecular weight is 466 g/mol. The number of ketones is 1. The first kappa shape index (κ1) is 24.6. The third-order valence-electron chi connectivity index (χ3n) is 6.44. The molecule has 1 fully saturated rings. The summed E-state index contributed by atoms with van der Waals surface area (Å²) in [5, 5.41) is 13.5. The molecule has 1 saturated heterocycles. The molecule has 0 aromatic carbocycles. The second-order valence-corrected chi connectivity index (χ2v) is 15.0. The van der Waals surface area contributed by atoms with Crippen molar-refractivity contribution in [1.82, 2.24) is 19.5 Å². The van der Waals surface area contributed by atoms with Gasteiger partial charge in [-0.3, -0.25) is 19.1 Å². The first-order chi connectivity index (χ1) is 14.8. The van der Waals surface area contributed by atoms with Crippen LogP contribution in [0.5, 0.6) is 0 Å². The van der Waals surface area contributed by atoms with Crippen LogP contribution in [-0.2, 0) is 14.0 Å². The third-order valence-corrected chi connectivity index (χ3v) is 10.9. The Labute approximate surface area is 188 Å². The minimum Gasteiger partial charge on any atom is -0.414 e. The number of rotatable bonds is 8. The number of anilines is 1. The van der Waals surface area contributed by atoms with Gasteiger partial charge in [-0.05, 0) is 18.1 Å². The fraction of sp³-hybridized carbons (Fsp3) is 0.714. The molecule has 0 saturated carbocycles.